The molecule has 1 fully saturated rings. The highest BCUT2D eigenvalue weighted by atomic mass is 127. The van der Waals surface area contributed by atoms with E-state index in [0.29, 0.717) is 29.8 Å². The van der Waals surface area contributed by atoms with Gasteiger partial charge in [0.05, 0.1) is 12.3 Å². The summed E-state index contributed by atoms with van der Waals surface area (Å²) < 4.78 is 13.7. The Morgan fingerprint density at radius 2 is 2.29 bits per heavy atom. The van der Waals surface area contributed by atoms with Crippen molar-refractivity contribution >= 4 is 62.2 Å². The van der Waals surface area contributed by atoms with E-state index >= 15 is 0 Å². The highest BCUT2D eigenvalue weighted by molar-refractivity contribution is 14.2. The van der Waals surface area contributed by atoms with Gasteiger partial charge in [0, 0.05) is 29.3 Å². The minimum Gasteiger partial charge on any atom is -0.377 e. The van der Waals surface area contributed by atoms with Crippen molar-refractivity contribution in [2.75, 3.05) is 12.1 Å². The number of rotatable bonds is 7. The third-order valence-electron chi connectivity index (χ3n) is 3.60. The van der Waals surface area contributed by atoms with Gasteiger partial charge in [0.25, 0.3) is 0 Å². The zero-order valence-corrected chi connectivity index (χ0v) is 18.1. The maximum absolute atomic E-state index is 11.8. The van der Waals surface area contributed by atoms with Crippen LogP contribution in [0.5, 0.6) is 0 Å². The van der Waals surface area contributed by atoms with Crippen molar-refractivity contribution in [2.24, 2.45) is 15.9 Å². The van der Waals surface area contributed by atoms with Crippen molar-refractivity contribution < 1.29 is 4.21 Å². The summed E-state index contributed by atoms with van der Waals surface area (Å²) in [5.41, 5.74) is 3.05. The van der Waals surface area contributed by atoms with Gasteiger partial charge in [0.1, 0.15) is 0 Å². The van der Waals surface area contributed by atoms with Gasteiger partial charge >= 0.3 is 0 Å². The van der Waals surface area contributed by atoms with E-state index in [0.717, 1.165) is 29.8 Å². The molecule has 1 aromatic heterocycles. The first kappa shape index (κ1) is 19.6. The second-order valence-corrected chi connectivity index (χ2v) is 10.7. The van der Waals surface area contributed by atoms with Crippen LogP contribution in [0.25, 0.3) is 0 Å². The first-order valence-electron chi connectivity index (χ1n) is 7.49. The standard InChI is InChI=1S/C15H23IN5OPS/c1-10-8-13(20-21(10)23-16)19-15(17-3)14(12-6-7-12)11(2)18-9-24(4,5)22/h8,12,18,23H,3-4,6-7,9H2,1-2,5H3/b14-11-,19-15?. The predicted molar refractivity (Wildman–Crippen MR) is 116 cm³/mol. The van der Waals surface area contributed by atoms with Crippen LogP contribution in [0.4, 0.5) is 5.82 Å². The Morgan fingerprint density at radius 3 is 2.75 bits per heavy atom. The van der Waals surface area contributed by atoms with Crippen LogP contribution in [0.3, 0.4) is 0 Å². The molecule has 1 N–H and O–H groups in total. The van der Waals surface area contributed by atoms with E-state index in [1.54, 1.807) is 6.26 Å². The molecule has 0 aromatic carbocycles. The van der Waals surface area contributed by atoms with E-state index in [1.165, 1.54) is 0 Å². The number of hydrogen-bond donors (Lipinski definition) is 1. The lowest BCUT2D eigenvalue weighted by molar-refractivity contribution is 0.680. The first-order valence-corrected chi connectivity index (χ1v) is 13.9. The molecule has 2 unspecified atom stereocenters. The van der Waals surface area contributed by atoms with Crippen LogP contribution in [-0.2, 0) is 9.52 Å². The smallest absolute Gasteiger partial charge is 0.176 e. The van der Waals surface area contributed by atoms with Crippen LogP contribution in [-0.4, -0.2) is 44.3 Å². The molecule has 0 saturated heterocycles. The third-order valence-corrected chi connectivity index (χ3v) is 6.34. The van der Waals surface area contributed by atoms with E-state index in [2.05, 4.69) is 55.0 Å². The first-order chi connectivity index (χ1) is 11.2. The number of aliphatic imine (C=N–C) groups is 2. The fourth-order valence-electron chi connectivity index (χ4n) is 2.27. The van der Waals surface area contributed by atoms with Crippen LogP contribution in [0.2, 0.25) is 0 Å². The molecule has 1 saturated carbocycles. The molecule has 6 nitrogen and oxygen atoms in total. The Bertz CT molecular complexity index is 793. The summed E-state index contributed by atoms with van der Waals surface area (Å²) in [4.78, 5) is 8.75. The van der Waals surface area contributed by atoms with Gasteiger partial charge in [-0.05, 0) is 76.8 Å². The summed E-state index contributed by atoms with van der Waals surface area (Å²) in [6, 6.07) is 1.94. The number of amidine groups is 1. The number of nitrogens with one attached hydrogen (secondary N) is 1. The third kappa shape index (κ3) is 5.39. The minimum atomic E-state index is -2.10. The Balaban J connectivity index is 2.35. The maximum Gasteiger partial charge on any atom is 0.176 e. The van der Waals surface area contributed by atoms with Crippen molar-refractivity contribution in [1.82, 2.24) is 14.9 Å². The monoisotopic (exact) mass is 479 g/mol. The minimum absolute atomic E-state index is 0.336. The molecule has 1 heterocycles. The van der Waals surface area contributed by atoms with Gasteiger partial charge in [-0.1, -0.05) is 0 Å². The average molecular weight is 479 g/mol. The van der Waals surface area contributed by atoms with Crippen LogP contribution in [0.15, 0.2) is 27.3 Å². The number of hydrogen-bond acceptors (Lipinski definition) is 4. The number of nitrogens with zero attached hydrogens (tertiary/aromatic N) is 4. The van der Waals surface area contributed by atoms with E-state index in [1.807, 2.05) is 24.4 Å². The molecular weight excluding hydrogens is 456 g/mol. The van der Waals surface area contributed by atoms with Crippen LogP contribution in [0.1, 0.15) is 25.5 Å². The van der Waals surface area contributed by atoms with E-state index in [-0.39, 0.29) is 0 Å². The Hall–Kier alpha value is -0.730. The lowest BCUT2D eigenvalue weighted by atomic mass is 10.1. The fourth-order valence-corrected chi connectivity index (χ4v) is 4.60. The molecule has 0 amide bonds. The summed E-state index contributed by atoms with van der Waals surface area (Å²) in [6.45, 7) is 7.66. The van der Waals surface area contributed by atoms with Gasteiger partial charge in [-0.15, -0.1) is 5.10 Å². The number of aryl methyl sites for hydroxylation is 1. The van der Waals surface area contributed by atoms with Crippen molar-refractivity contribution in [3.8, 4) is 0 Å². The molecule has 0 aliphatic heterocycles. The van der Waals surface area contributed by atoms with E-state index in [9.17, 15) is 4.21 Å². The molecule has 1 aromatic rings. The van der Waals surface area contributed by atoms with Crippen molar-refractivity contribution in [2.45, 2.75) is 26.7 Å². The number of allylic oxidation sites excluding steroid dienone is 1. The van der Waals surface area contributed by atoms with E-state index < -0.39 is 9.52 Å². The highest BCUT2D eigenvalue weighted by Crippen LogP contribution is 2.39. The molecule has 132 valence electrons. The number of aromatic nitrogens is 2. The molecule has 0 spiro atoms. The topological polar surface area (TPSA) is 71.6 Å². The molecule has 0 bridgehead atoms. The Kier molecular flexibility index (Phi) is 6.61. The largest absolute Gasteiger partial charge is 0.377 e. The summed E-state index contributed by atoms with van der Waals surface area (Å²) in [5.74, 6) is 5.68. The average Bonchev–Trinajstić information content (AvgIpc) is 3.27. The summed E-state index contributed by atoms with van der Waals surface area (Å²) in [6.07, 6.45) is 4.40. The lowest BCUT2D eigenvalue weighted by Crippen LogP contribution is -2.23. The molecule has 1 aliphatic carbocycles. The van der Waals surface area contributed by atoms with Crippen LogP contribution >= 0.6 is 28.4 Å². The molecule has 2 rings (SSSR count). The van der Waals surface area contributed by atoms with Crippen molar-refractivity contribution in [3.05, 3.63) is 23.0 Å². The molecule has 9 heteroatoms. The lowest BCUT2D eigenvalue weighted by Gasteiger charge is -2.14. The van der Waals surface area contributed by atoms with Gasteiger partial charge in [-0.2, -0.15) is 0 Å². The predicted octanol–water partition coefficient (Wildman–Crippen LogP) is 3.29. The van der Waals surface area contributed by atoms with Crippen molar-refractivity contribution in [3.63, 3.8) is 0 Å². The SMILES string of the molecule is C=NC(=Nc1cc(C)n(PI)n1)/C(=C(/C)NCS(=C)(C)=O)C1CC1. The molecular formula is C15H23IN5OPS. The van der Waals surface area contributed by atoms with Gasteiger partial charge < -0.3 is 5.32 Å². The summed E-state index contributed by atoms with van der Waals surface area (Å²) >= 11 is 2.29. The maximum atomic E-state index is 11.8. The summed E-state index contributed by atoms with van der Waals surface area (Å²) in [5, 5.41) is 7.69. The van der Waals surface area contributed by atoms with Gasteiger partial charge in [-0.25, -0.2) is 14.4 Å². The normalized spacial score (nSPS) is 19.2. The zero-order valence-electron chi connectivity index (χ0n) is 14.2. The molecule has 1 aliphatic rings. The van der Waals surface area contributed by atoms with Gasteiger partial charge in [0.2, 0.25) is 0 Å². The van der Waals surface area contributed by atoms with Gasteiger partial charge in [0.15, 0.2) is 11.7 Å². The van der Waals surface area contributed by atoms with Crippen molar-refractivity contribution in [1.29, 1.82) is 0 Å². The quantitative estimate of drug-likeness (QED) is 0.215. The Morgan fingerprint density at radius 1 is 1.62 bits per heavy atom. The zero-order chi connectivity index (χ0) is 17.9. The molecule has 0 radical (unpaired) electrons. The van der Waals surface area contributed by atoms with Crippen LogP contribution < -0.4 is 5.32 Å². The second-order valence-electron chi connectivity index (χ2n) is 6.05. The number of halogens is 1. The van der Waals surface area contributed by atoms with Crippen LogP contribution in [0, 0.1) is 12.8 Å². The van der Waals surface area contributed by atoms with Gasteiger partial charge in [-0.3, -0.25) is 4.21 Å². The fraction of sp³-hybridized carbons (Fsp3) is 0.467. The Labute approximate surface area is 158 Å². The highest BCUT2D eigenvalue weighted by Gasteiger charge is 2.31. The molecule has 2 atom stereocenters. The summed E-state index contributed by atoms with van der Waals surface area (Å²) in [7, 11) is -2.10. The molecule has 24 heavy (non-hydrogen) atoms. The van der Waals surface area contributed by atoms with E-state index in [4.69, 9.17) is 0 Å². The second kappa shape index (κ2) is 8.10.